The fourth-order valence-corrected chi connectivity index (χ4v) is 3.62. The molecule has 0 atom stereocenters. The maximum Gasteiger partial charge on any atom is 0.252 e. The maximum absolute atomic E-state index is 12.5. The highest BCUT2D eigenvalue weighted by Gasteiger charge is 2.15. The van der Waals surface area contributed by atoms with E-state index in [1.807, 2.05) is 19.9 Å². The van der Waals surface area contributed by atoms with Gasteiger partial charge in [0.1, 0.15) is 5.75 Å². The van der Waals surface area contributed by atoms with Crippen LogP contribution in [0.2, 0.25) is 0 Å². The number of sulfone groups is 1. The van der Waals surface area contributed by atoms with Crippen molar-refractivity contribution >= 4 is 21.5 Å². The molecule has 0 bridgehead atoms. The smallest absolute Gasteiger partial charge is 0.252 e. The molecule has 0 aliphatic rings. The van der Waals surface area contributed by atoms with Crippen LogP contribution in [-0.2, 0) is 21.1 Å². The van der Waals surface area contributed by atoms with Crippen LogP contribution in [-0.4, -0.2) is 65.3 Å². The molecule has 2 aromatic heterocycles. The Bertz CT molecular complexity index is 1170. The third-order valence-corrected chi connectivity index (χ3v) is 5.65. The topological polar surface area (TPSA) is 107 Å². The minimum absolute atomic E-state index is 0.0929. The van der Waals surface area contributed by atoms with Gasteiger partial charge in [0.25, 0.3) is 5.78 Å². The molecule has 160 valence electrons. The van der Waals surface area contributed by atoms with Crippen molar-refractivity contribution in [3.05, 3.63) is 47.5 Å². The number of hydrogen-bond acceptors (Lipinski definition) is 7. The predicted octanol–water partition coefficient (Wildman–Crippen LogP) is 1.61. The van der Waals surface area contributed by atoms with Gasteiger partial charge in [-0.2, -0.15) is 4.98 Å². The molecular formula is C20H25N5O4S. The number of carbonyl (C=O) groups excluding carboxylic acids is 1. The molecule has 1 aromatic carbocycles. The lowest BCUT2D eigenvalue weighted by Gasteiger charge is -2.16. The van der Waals surface area contributed by atoms with E-state index in [0.29, 0.717) is 36.9 Å². The number of hydrogen-bond donors (Lipinski definition) is 0. The van der Waals surface area contributed by atoms with Gasteiger partial charge in [0.05, 0.1) is 17.9 Å². The number of carbonyl (C=O) groups is 1. The van der Waals surface area contributed by atoms with E-state index in [1.54, 1.807) is 28.6 Å². The third kappa shape index (κ3) is 5.32. The summed E-state index contributed by atoms with van der Waals surface area (Å²) < 4.78 is 30.5. The van der Waals surface area contributed by atoms with E-state index in [2.05, 4.69) is 15.1 Å². The minimum Gasteiger partial charge on any atom is -0.493 e. The van der Waals surface area contributed by atoms with Gasteiger partial charge in [-0.3, -0.25) is 4.79 Å². The van der Waals surface area contributed by atoms with Gasteiger partial charge >= 0.3 is 0 Å². The maximum atomic E-state index is 12.5. The number of ether oxygens (including phenoxy) is 1. The number of fused-ring (bicyclic) bond motifs is 1. The number of aryl methyl sites for hydroxylation is 2. The summed E-state index contributed by atoms with van der Waals surface area (Å²) in [5, 5.41) is 4.36. The summed E-state index contributed by atoms with van der Waals surface area (Å²) in [5.74, 6) is 1.31. The molecule has 0 aliphatic heterocycles. The summed E-state index contributed by atoms with van der Waals surface area (Å²) in [5.41, 5.74) is 1.76. The standard InChI is InChI=1S/C20H25N5O4S/c1-14-11-15(2)25-20(21-14)22-18(23-25)13-19(26)24(3)9-6-10-29-16-7-5-8-17(12-16)30(4,27)28/h5,7-8,11-12H,6,9-10,13H2,1-4H3. The zero-order valence-corrected chi connectivity index (χ0v) is 18.3. The molecular weight excluding hydrogens is 406 g/mol. The monoisotopic (exact) mass is 431 g/mol. The zero-order valence-electron chi connectivity index (χ0n) is 17.5. The SMILES string of the molecule is Cc1cc(C)n2nc(CC(=O)N(C)CCCOc3cccc(S(C)(=O)=O)c3)nc2n1. The van der Waals surface area contributed by atoms with Crippen LogP contribution in [0.5, 0.6) is 5.75 Å². The lowest BCUT2D eigenvalue weighted by molar-refractivity contribution is -0.129. The van der Waals surface area contributed by atoms with Gasteiger partial charge < -0.3 is 9.64 Å². The van der Waals surface area contributed by atoms with Gasteiger partial charge in [0.15, 0.2) is 15.7 Å². The average molecular weight is 432 g/mol. The Morgan fingerprint density at radius 2 is 1.97 bits per heavy atom. The molecule has 10 heteroatoms. The summed E-state index contributed by atoms with van der Waals surface area (Å²) in [6.07, 6.45) is 1.85. The van der Waals surface area contributed by atoms with Crippen molar-refractivity contribution in [1.82, 2.24) is 24.5 Å². The van der Waals surface area contributed by atoms with Crippen LogP contribution < -0.4 is 4.74 Å². The highest BCUT2D eigenvalue weighted by Crippen LogP contribution is 2.17. The number of likely N-dealkylation sites (N-methyl/N-ethyl adjacent to an activating group) is 1. The van der Waals surface area contributed by atoms with Crippen LogP contribution in [0.3, 0.4) is 0 Å². The first kappa shape index (κ1) is 21.7. The predicted molar refractivity (Wildman–Crippen MR) is 111 cm³/mol. The van der Waals surface area contributed by atoms with E-state index in [9.17, 15) is 13.2 Å². The van der Waals surface area contributed by atoms with Crippen molar-refractivity contribution < 1.29 is 17.9 Å². The second-order valence-electron chi connectivity index (χ2n) is 7.22. The van der Waals surface area contributed by atoms with Crippen molar-refractivity contribution in [3.63, 3.8) is 0 Å². The molecule has 0 spiro atoms. The van der Waals surface area contributed by atoms with Crippen LogP contribution in [0.1, 0.15) is 23.6 Å². The van der Waals surface area contributed by atoms with Crippen LogP contribution >= 0.6 is 0 Å². The molecule has 0 unspecified atom stereocenters. The third-order valence-electron chi connectivity index (χ3n) is 4.54. The van der Waals surface area contributed by atoms with E-state index in [-0.39, 0.29) is 17.2 Å². The van der Waals surface area contributed by atoms with Crippen molar-refractivity contribution in [1.29, 1.82) is 0 Å². The van der Waals surface area contributed by atoms with E-state index >= 15 is 0 Å². The van der Waals surface area contributed by atoms with Crippen molar-refractivity contribution in [3.8, 4) is 5.75 Å². The first-order valence-electron chi connectivity index (χ1n) is 9.50. The van der Waals surface area contributed by atoms with Crippen molar-refractivity contribution in [2.24, 2.45) is 0 Å². The van der Waals surface area contributed by atoms with Gasteiger partial charge in [-0.25, -0.2) is 17.9 Å². The van der Waals surface area contributed by atoms with Crippen LogP contribution in [0, 0.1) is 13.8 Å². The van der Waals surface area contributed by atoms with E-state index < -0.39 is 9.84 Å². The Hall–Kier alpha value is -3.01. The Labute approximate surface area is 175 Å². The van der Waals surface area contributed by atoms with Crippen LogP contribution in [0.15, 0.2) is 35.2 Å². The second-order valence-corrected chi connectivity index (χ2v) is 9.24. The molecule has 9 nitrogen and oxygen atoms in total. The highest BCUT2D eigenvalue weighted by atomic mass is 32.2. The summed E-state index contributed by atoms with van der Waals surface area (Å²) in [6, 6.07) is 8.28. The molecule has 0 saturated carbocycles. The quantitative estimate of drug-likeness (QED) is 0.499. The summed E-state index contributed by atoms with van der Waals surface area (Å²) in [7, 11) is -1.56. The average Bonchev–Trinajstić information content (AvgIpc) is 3.07. The van der Waals surface area contributed by atoms with Crippen LogP contribution in [0.25, 0.3) is 5.78 Å². The lowest BCUT2D eigenvalue weighted by Crippen LogP contribution is -2.30. The van der Waals surface area contributed by atoms with Crippen molar-refractivity contribution in [2.45, 2.75) is 31.6 Å². The first-order chi connectivity index (χ1) is 14.1. The van der Waals surface area contributed by atoms with Gasteiger partial charge in [0.2, 0.25) is 5.91 Å². The molecule has 2 heterocycles. The normalized spacial score (nSPS) is 11.6. The Balaban J connectivity index is 1.50. The van der Waals surface area contributed by atoms with E-state index in [1.165, 1.54) is 12.1 Å². The fraction of sp³-hybridized carbons (Fsp3) is 0.400. The molecule has 3 aromatic rings. The molecule has 30 heavy (non-hydrogen) atoms. The molecule has 1 amide bonds. The Morgan fingerprint density at radius 3 is 2.70 bits per heavy atom. The van der Waals surface area contributed by atoms with E-state index in [4.69, 9.17) is 4.74 Å². The molecule has 3 rings (SSSR count). The number of aromatic nitrogens is 4. The van der Waals surface area contributed by atoms with Gasteiger partial charge in [-0.1, -0.05) is 6.07 Å². The molecule has 0 fully saturated rings. The minimum atomic E-state index is -3.28. The lowest BCUT2D eigenvalue weighted by atomic mass is 10.3. The molecule has 0 radical (unpaired) electrons. The van der Waals surface area contributed by atoms with Crippen LogP contribution in [0.4, 0.5) is 0 Å². The molecule has 0 aliphatic carbocycles. The molecule has 0 N–H and O–H groups in total. The van der Waals surface area contributed by atoms with Gasteiger partial charge in [0, 0.05) is 31.2 Å². The Morgan fingerprint density at radius 1 is 1.20 bits per heavy atom. The number of rotatable bonds is 8. The Kier molecular flexibility index (Phi) is 6.35. The summed E-state index contributed by atoms with van der Waals surface area (Å²) in [4.78, 5) is 23.0. The number of amides is 1. The number of benzene rings is 1. The van der Waals surface area contributed by atoms with E-state index in [0.717, 1.165) is 17.6 Å². The zero-order chi connectivity index (χ0) is 21.9. The second kappa shape index (κ2) is 8.78. The number of nitrogens with zero attached hydrogens (tertiary/aromatic N) is 5. The summed E-state index contributed by atoms with van der Waals surface area (Å²) in [6.45, 7) is 4.66. The van der Waals surface area contributed by atoms with Gasteiger partial charge in [-0.15, -0.1) is 5.10 Å². The molecule has 0 saturated heterocycles. The fourth-order valence-electron chi connectivity index (χ4n) is 2.96. The highest BCUT2D eigenvalue weighted by molar-refractivity contribution is 7.90. The van der Waals surface area contributed by atoms with Gasteiger partial charge in [-0.05, 0) is 44.5 Å². The summed E-state index contributed by atoms with van der Waals surface area (Å²) >= 11 is 0. The first-order valence-corrected chi connectivity index (χ1v) is 11.4. The van der Waals surface area contributed by atoms with Crippen molar-refractivity contribution in [2.75, 3.05) is 26.5 Å². The largest absolute Gasteiger partial charge is 0.493 e.